The van der Waals surface area contributed by atoms with Gasteiger partial charge < -0.3 is 9.88 Å². The van der Waals surface area contributed by atoms with E-state index in [9.17, 15) is 4.79 Å². The van der Waals surface area contributed by atoms with Gasteiger partial charge in [0, 0.05) is 6.04 Å². The number of para-hydroxylation sites is 2. The third-order valence-electron chi connectivity index (χ3n) is 4.32. The third-order valence-corrected chi connectivity index (χ3v) is 4.32. The molecule has 3 rings (SSSR count). The molecule has 1 aliphatic carbocycles. The van der Waals surface area contributed by atoms with E-state index in [1.807, 2.05) is 35.8 Å². The van der Waals surface area contributed by atoms with Gasteiger partial charge in [-0.25, -0.2) is 4.98 Å². The first kappa shape index (κ1) is 13.2. The average Bonchev–Trinajstić information content (AvgIpc) is 3.04. The molecule has 0 bridgehead atoms. The molecule has 0 saturated heterocycles. The molecule has 1 heterocycles. The van der Waals surface area contributed by atoms with Crippen LogP contribution in [0.2, 0.25) is 0 Å². The number of aromatic nitrogens is 2. The molecule has 0 spiro atoms. The summed E-state index contributed by atoms with van der Waals surface area (Å²) in [5.74, 6) is 0.817. The number of nitrogens with one attached hydrogen (secondary N) is 1. The van der Waals surface area contributed by atoms with Crippen LogP contribution in [0.3, 0.4) is 0 Å². The van der Waals surface area contributed by atoms with Gasteiger partial charge in [0.25, 0.3) is 0 Å². The monoisotopic (exact) mass is 271 g/mol. The first-order valence-electron chi connectivity index (χ1n) is 7.37. The molecular formula is C16H21N3O. The highest BCUT2D eigenvalue weighted by molar-refractivity contribution is 5.83. The number of imidazole rings is 1. The van der Waals surface area contributed by atoms with Gasteiger partial charge in [0.05, 0.1) is 17.4 Å². The van der Waals surface area contributed by atoms with Crippen molar-refractivity contribution >= 4 is 16.9 Å². The van der Waals surface area contributed by atoms with Crippen LogP contribution in [0.25, 0.3) is 11.0 Å². The van der Waals surface area contributed by atoms with E-state index in [1.165, 1.54) is 6.42 Å². The molecule has 1 aliphatic rings. The second-order valence-electron chi connectivity index (χ2n) is 5.94. The van der Waals surface area contributed by atoms with E-state index in [1.54, 1.807) is 6.33 Å². The highest BCUT2D eigenvalue weighted by atomic mass is 16.2. The number of benzene rings is 1. The maximum Gasteiger partial charge on any atom is 0.243 e. The van der Waals surface area contributed by atoms with Gasteiger partial charge in [0.2, 0.25) is 5.91 Å². The molecule has 0 radical (unpaired) electrons. The van der Waals surface area contributed by atoms with E-state index >= 15 is 0 Å². The standard InChI is InChI=1S/C16H21N3O/c1-11-7-8-13(9-11)18-16(20)12(2)19-10-17-14-5-3-4-6-15(14)19/h3-6,10-13H,7-9H2,1-2H3,(H,18,20). The fraction of sp³-hybridized carbons (Fsp3) is 0.500. The third kappa shape index (κ3) is 2.42. The largest absolute Gasteiger partial charge is 0.352 e. The summed E-state index contributed by atoms with van der Waals surface area (Å²) in [6.45, 7) is 4.18. The SMILES string of the molecule is CC1CCC(NC(=O)C(C)n2cnc3ccccc32)C1. The van der Waals surface area contributed by atoms with Crippen molar-refractivity contribution in [2.24, 2.45) is 5.92 Å². The second kappa shape index (κ2) is 5.27. The molecule has 0 aliphatic heterocycles. The van der Waals surface area contributed by atoms with Crippen molar-refractivity contribution in [2.45, 2.75) is 45.2 Å². The number of amides is 1. The van der Waals surface area contributed by atoms with Crippen molar-refractivity contribution in [3.8, 4) is 0 Å². The first-order valence-corrected chi connectivity index (χ1v) is 7.37. The van der Waals surface area contributed by atoms with E-state index in [0.29, 0.717) is 6.04 Å². The number of hydrogen-bond acceptors (Lipinski definition) is 2. The molecule has 1 saturated carbocycles. The molecule has 4 nitrogen and oxygen atoms in total. The van der Waals surface area contributed by atoms with Gasteiger partial charge in [-0.05, 0) is 44.2 Å². The fourth-order valence-electron chi connectivity index (χ4n) is 3.07. The minimum atomic E-state index is -0.224. The zero-order valence-electron chi connectivity index (χ0n) is 12.0. The Bertz CT molecular complexity index is 619. The number of carbonyl (C=O) groups is 1. The maximum absolute atomic E-state index is 12.4. The summed E-state index contributed by atoms with van der Waals surface area (Å²) < 4.78 is 1.95. The van der Waals surface area contributed by atoms with Crippen LogP contribution in [0.15, 0.2) is 30.6 Å². The Balaban J connectivity index is 1.74. The predicted molar refractivity (Wildman–Crippen MR) is 79.4 cm³/mol. The molecule has 2 aromatic rings. The molecule has 1 amide bonds. The molecule has 1 aromatic heterocycles. The Kier molecular flexibility index (Phi) is 3.47. The highest BCUT2D eigenvalue weighted by Gasteiger charge is 2.25. The van der Waals surface area contributed by atoms with Gasteiger partial charge in [0.1, 0.15) is 6.04 Å². The summed E-state index contributed by atoms with van der Waals surface area (Å²) in [7, 11) is 0. The number of carbonyl (C=O) groups excluding carboxylic acids is 1. The van der Waals surface area contributed by atoms with Crippen LogP contribution in [0, 0.1) is 5.92 Å². The van der Waals surface area contributed by atoms with Gasteiger partial charge >= 0.3 is 0 Å². The number of hydrogen-bond donors (Lipinski definition) is 1. The summed E-state index contributed by atoms with van der Waals surface area (Å²) in [6.07, 6.45) is 5.17. The first-order chi connectivity index (χ1) is 9.65. The normalized spacial score (nSPS) is 23.9. The molecule has 3 atom stereocenters. The molecule has 1 fully saturated rings. The van der Waals surface area contributed by atoms with Gasteiger partial charge in [-0.1, -0.05) is 19.1 Å². The van der Waals surface area contributed by atoms with Crippen LogP contribution in [0.1, 0.15) is 39.2 Å². The zero-order chi connectivity index (χ0) is 14.1. The summed E-state index contributed by atoms with van der Waals surface area (Å²) in [5, 5.41) is 3.17. The van der Waals surface area contributed by atoms with Crippen LogP contribution in [0.5, 0.6) is 0 Å². The maximum atomic E-state index is 12.4. The molecule has 3 unspecified atom stereocenters. The van der Waals surface area contributed by atoms with Crippen molar-refractivity contribution in [1.82, 2.24) is 14.9 Å². The lowest BCUT2D eigenvalue weighted by atomic mass is 10.1. The Hall–Kier alpha value is -1.84. The zero-order valence-corrected chi connectivity index (χ0v) is 12.0. The second-order valence-corrected chi connectivity index (χ2v) is 5.94. The van der Waals surface area contributed by atoms with Crippen LogP contribution in [-0.2, 0) is 4.79 Å². The highest BCUT2D eigenvalue weighted by Crippen LogP contribution is 2.25. The molecular weight excluding hydrogens is 250 g/mol. The van der Waals surface area contributed by atoms with Crippen LogP contribution in [0.4, 0.5) is 0 Å². The average molecular weight is 271 g/mol. The van der Waals surface area contributed by atoms with Gasteiger partial charge in [0.15, 0.2) is 0 Å². The van der Waals surface area contributed by atoms with Crippen molar-refractivity contribution in [2.75, 3.05) is 0 Å². The van der Waals surface area contributed by atoms with Crippen LogP contribution < -0.4 is 5.32 Å². The lowest BCUT2D eigenvalue weighted by Crippen LogP contribution is -2.37. The molecule has 20 heavy (non-hydrogen) atoms. The quantitative estimate of drug-likeness (QED) is 0.933. The van der Waals surface area contributed by atoms with E-state index < -0.39 is 0 Å². The van der Waals surface area contributed by atoms with Gasteiger partial charge in [-0.15, -0.1) is 0 Å². The van der Waals surface area contributed by atoms with Crippen LogP contribution >= 0.6 is 0 Å². The molecule has 1 N–H and O–H groups in total. The van der Waals surface area contributed by atoms with Crippen molar-refractivity contribution in [1.29, 1.82) is 0 Å². The number of nitrogens with zero attached hydrogens (tertiary/aromatic N) is 2. The molecule has 4 heteroatoms. The topological polar surface area (TPSA) is 46.9 Å². The smallest absolute Gasteiger partial charge is 0.243 e. The lowest BCUT2D eigenvalue weighted by Gasteiger charge is -2.18. The van der Waals surface area contributed by atoms with Crippen molar-refractivity contribution in [3.05, 3.63) is 30.6 Å². The Morgan fingerprint density at radius 3 is 2.95 bits per heavy atom. The summed E-state index contributed by atoms with van der Waals surface area (Å²) in [5.41, 5.74) is 1.94. The van der Waals surface area contributed by atoms with E-state index in [4.69, 9.17) is 0 Å². The summed E-state index contributed by atoms with van der Waals surface area (Å²) in [6, 6.07) is 8.03. The summed E-state index contributed by atoms with van der Waals surface area (Å²) in [4.78, 5) is 16.7. The Labute approximate surface area is 119 Å². The Morgan fingerprint density at radius 1 is 1.40 bits per heavy atom. The van der Waals surface area contributed by atoms with Gasteiger partial charge in [-0.2, -0.15) is 0 Å². The van der Waals surface area contributed by atoms with Crippen molar-refractivity contribution in [3.63, 3.8) is 0 Å². The minimum Gasteiger partial charge on any atom is -0.352 e. The minimum absolute atomic E-state index is 0.0900. The molecule has 1 aromatic carbocycles. The number of rotatable bonds is 3. The van der Waals surface area contributed by atoms with Gasteiger partial charge in [-0.3, -0.25) is 4.79 Å². The van der Waals surface area contributed by atoms with Crippen molar-refractivity contribution < 1.29 is 4.79 Å². The summed E-state index contributed by atoms with van der Waals surface area (Å²) >= 11 is 0. The van der Waals surface area contributed by atoms with E-state index in [0.717, 1.165) is 29.8 Å². The Morgan fingerprint density at radius 2 is 2.20 bits per heavy atom. The predicted octanol–water partition coefficient (Wildman–Crippen LogP) is 2.90. The van der Waals surface area contributed by atoms with E-state index in [-0.39, 0.29) is 11.9 Å². The number of fused-ring (bicyclic) bond motifs is 1. The van der Waals surface area contributed by atoms with Crippen LogP contribution in [-0.4, -0.2) is 21.5 Å². The van der Waals surface area contributed by atoms with E-state index in [2.05, 4.69) is 17.2 Å². The lowest BCUT2D eigenvalue weighted by molar-refractivity contribution is -0.124. The molecule has 106 valence electrons. The fourth-order valence-corrected chi connectivity index (χ4v) is 3.07.